The molecule has 0 saturated carbocycles. The second-order valence-corrected chi connectivity index (χ2v) is 3.03. The van der Waals surface area contributed by atoms with Gasteiger partial charge in [-0.3, -0.25) is 0 Å². The predicted octanol–water partition coefficient (Wildman–Crippen LogP) is 6.55. The topological polar surface area (TPSA) is 0 Å². The van der Waals surface area contributed by atoms with Crippen LogP contribution in [-0.2, 0) is 0 Å². The number of hydrogen-bond donors (Lipinski definition) is 0. The smallest absolute Gasteiger partial charge is 0.0382 e. The maximum Gasteiger partial charge on any atom is -0.0382 e. The third kappa shape index (κ3) is 190. The Kier molecular flexibility index (Phi) is 72.8. The molecular formula is C16H34. The van der Waals surface area contributed by atoms with Crippen LogP contribution in [-0.4, -0.2) is 0 Å². The number of allylic oxidation sites excluding steroid dienone is 5. The zero-order valence-electron chi connectivity index (χ0n) is 12.7. The normalized spacial score (nSPS) is 8.19. The minimum atomic E-state index is 1.08. The molecule has 0 aliphatic heterocycles. The molecule has 0 N–H and O–H groups in total. The van der Waals surface area contributed by atoms with Crippen molar-refractivity contribution in [1.29, 1.82) is 0 Å². The van der Waals surface area contributed by atoms with Crippen LogP contribution in [0.5, 0.6) is 0 Å². The van der Waals surface area contributed by atoms with Crippen molar-refractivity contribution in [2.75, 3.05) is 0 Å². The molecule has 0 heterocycles. The van der Waals surface area contributed by atoms with E-state index in [0.29, 0.717) is 0 Å². The molecule has 0 nitrogen and oxygen atoms in total. The molecular weight excluding hydrogens is 192 g/mol. The van der Waals surface area contributed by atoms with Gasteiger partial charge in [-0.15, -0.1) is 6.58 Å². The molecule has 0 aliphatic rings. The molecule has 0 aromatic rings. The molecule has 0 amide bonds. The lowest BCUT2D eigenvalue weighted by molar-refractivity contribution is 0.886. The van der Waals surface area contributed by atoms with Crippen LogP contribution in [0.2, 0.25) is 0 Å². The van der Waals surface area contributed by atoms with E-state index in [1.165, 1.54) is 12.8 Å². The number of rotatable bonds is 2. The molecule has 0 saturated heterocycles. The van der Waals surface area contributed by atoms with Crippen molar-refractivity contribution in [1.82, 2.24) is 0 Å². The highest BCUT2D eigenvalue weighted by molar-refractivity contribution is 4.68. The summed E-state index contributed by atoms with van der Waals surface area (Å²) in [6.07, 6.45) is 13.6. The highest BCUT2D eigenvalue weighted by Gasteiger charge is 1.56. The fourth-order valence-electron chi connectivity index (χ4n) is 0. The first kappa shape index (κ1) is 24.4. The van der Waals surface area contributed by atoms with Gasteiger partial charge in [0.15, 0.2) is 0 Å². The van der Waals surface area contributed by atoms with E-state index in [1.807, 2.05) is 58.1 Å². The van der Waals surface area contributed by atoms with Gasteiger partial charge in [0.05, 0.1) is 0 Å². The van der Waals surface area contributed by atoms with Gasteiger partial charge in [0, 0.05) is 0 Å². The molecule has 0 rings (SSSR count). The Bertz CT molecular complexity index is 98.0. The van der Waals surface area contributed by atoms with Gasteiger partial charge in [-0.2, -0.15) is 0 Å². The average molecular weight is 226 g/mol. The molecule has 0 aliphatic carbocycles. The maximum atomic E-state index is 3.48. The van der Waals surface area contributed by atoms with Crippen LogP contribution in [0.3, 0.4) is 0 Å². The van der Waals surface area contributed by atoms with Gasteiger partial charge in [0.25, 0.3) is 0 Å². The zero-order valence-corrected chi connectivity index (χ0v) is 12.7. The fraction of sp³-hybridized carbons (Fsp3) is 0.625. The zero-order chi connectivity index (χ0) is 13.7. The molecule has 98 valence electrons. The van der Waals surface area contributed by atoms with Crippen molar-refractivity contribution in [2.45, 2.75) is 67.7 Å². The largest absolute Gasteiger partial charge is 0.103 e. The molecule has 0 aromatic carbocycles. The highest BCUT2D eigenvalue weighted by Crippen LogP contribution is 1.76. The van der Waals surface area contributed by atoms with Gasteiger partial charge in [-0.1, -0.05) is 64.0 Å². The summed E-state index contributed by atoms with van der Waals surface area (Å²) < 4.78 is 0. The number of unbranched alkanes of at least 4 members (excludes halogenated alkanes) is 1. The summed E-state index contributed by atoms with van der Waals surface area (Å²) in [5.41, 5.74) is 0. The highest BCUT2D eigenvalue weighted by atomic mass is 13.6. The van der Waals surface area contributed by atoms with E-state index in [2.05, 4.69) is 27.4 Å². The molecule has 0 spiro atoms. The Balaban J connectivity index is -0.0000000600. The van der Waals surface area contributed by atoms with Gasteiger partial charge in [0.1, 0.15) is 0 Å². The maximum absolute atomic E-state index is 3.48. The molecule has 0 heteroatoms. The summed E-state index contributed by atoms with van der Waals surface area (Å²) in [5.74, 6) is 0. The van der Waals surface area contributed by atoms with Gasteiger partial charge in [0.2, 0.25) is 0 Å². The van der Waals surface area contributed by atoms with E-state index in [9.17, 15) is 0 Å². The average Bonchev–Trinajstić information content (AvgIpc) is 2.39. The van der Waals surface area contributed by atoms with E-state index >= 15 is 0 Å². The third-order valence-corrected chi connectivity index (χ3v) is 1.46. The summed E-state index contributed by atoms with van der Waals surface area (Å²) in [7, 11) is 0. The molecule has 0 radical (unpaired) electrons. The van der Waals surface area contributed by atoms with Crippen molar-refractivity contribution < 1.29 is 0 Å². The molecule has 0 fully saturated rings. The van der Waals surface area contributed by atoms with Gasteiger partial charge in [-0.05, 0) is 34.1 Å². The summed E-state index contributed by atoms with van der Waals surface area (Å²) >= 11 is 0. The van der Waals surface area contributed by atoms with E-state index < -0.39 is 0 Å². The van der Waals surface area contributed by atoms with Gasteiger partial charge in [-0.25, -0.2) is 0 Å². The second-order valence-electron chi connectivity index (χ2n) is 3.03. The summed E-state index contributed by atoms with van der Waals surface area (Å²) in [6.45, 7) is 17.9. The molecule has 16 heavy (non-hydrogen) atoms. The van der Waals surface area contributed by atoms with Crippen LogP contribution < -0.4 is 0 Å². The van der Waals surface area contributed by atoms with Crippen molar-refractivity contribution in [3.8, 4) is 0 Å². The quantitative estimate of drug-likeness (QED) is 0.468. The van der Waals surface area contributed by atoms with Crippen LogP contribution in [0, 0.1) is 0 Å². The Labute approximate surface area is 105 Å². The van der Waals surface area contributed by atoms with Crippen molar-refractivity contribution in [3.05, 3.63) is 37.0 Å². The Hall–Kier alpha value is -0.780. The van der Waals surface area contributed by atoms with Crippen LogP contribution in [0.15, 0.2) is 37.0 Å². The lowest BCUT2D eigenvalue weighted by Gasteiger charge is -1.68. The lowest BCUT2D eigenvalue weighted by Crippen LogP contribution is -1.47. The minimum absolute atomic E-state index is 1.08. The first-order chi connectivity index (χ1) is 7.66. The van der Waals surface area contributed by atoms with Crippen molar-refractivity contribution in [3.63, 3.8) is 0 Å². The molecule has 0 aromatic heterocycles. The van der Waals surface area contributed by atoms with E-state index in [1.54, 1.807) is 0 Å². The Morgan fingerprint density at radius 1 is 0.688 bits per heavy atom. The third-order valence-electron chi connectivity index (χ3n) is 1.46. The standard InChI is InChI=1S/C4H10.3C4H8/c4*1-3-4-2/h3-4H2,1-2H3;2*3-4H,1-2H3;3H,1,4H2,2H3. The van der Waals surface area contributed by atoms with E-state index in [0.717, 1.165) is 6.42 Å². The first-order valence-corrected chi connectivity index (χ1v) is 6.41. The van der Waals surface area contributed by atoms with E-state index in [-0.39, 0.29) is 0 Å². The van der Waals surface area contributed by atoms with E-state index in [4.69, 9.17) is 0 Å². The molecule has 0 atom stereocenters. The van der Waals surface area contributed by atoms with Crippen molar-refractivity contribution in [2.24, 2.45) is 0 Å². The lowest BCUT2D eigenvalue weighted by atomic mass is 10.4. The van der Waals surface area contributed by atoms with Gasteiger partial charge >= 0.3 is 0 Å². The van der Waals surface area contributed by atoms with Crippen LogP contribution >= 0.6 is 0 Å². The summed E-state index contributed by atoms with van der Waals surface area (Å²) in [6, 6.07) is 0. The van der Waals surface area contributed by atoms with Crippen molar-refractivity contribution >= 4 is 0 Å². The molecule has 0 unspecified atom stereocenters. The summed E-state index contributed by atoms with van der Waals surface area (Å²) in [4.78, 5) is 0. The second kappa shape index (κ2) is 47.7. The number of hydrogen-bond acceptors (Lipinski definition) is 0. The predicted molar refractivity (Wildman–Crippen MR) is 82.0 cm³/mol. The Morgan fingerprint density at radius 3 is 0.875 bits per heavy atom. The fourth-order valence-corrected chi connectivity index (χ4v) is 0. The summed E-state index contributed by atoms with van der Waals surface area (Å²) in [5, 5.41) is 0. The van der Waals surface area contributed by atoms with Crippen LogP contribution in [0.1, 0.15) is 67.7 Å². The SMILES string of the molecule is C=CCC.CC=CC.CC=CC.CCCC. The van der Waals surface area contributed by atoms with Gasteiger partial charge < -0.3 is 0 Å². The Morgan fingerprint density at radius 2 is 0.875 bits per heavy atom. The minimum Gasteiger partial charge on any atom is -0.103 e. The van der Waals surface area contributed by atoms with Crippen LogP contribution in [0.4, 0.5) is 0 Å². The molecule has 0 bridgehead atoms. The first-order valence-electron chi connectivity index (χ1n) is 6.41. The monoisotopic (exact) mass is 226 g/mol. The van der Waals surface area contributed by atoms with Crippen LogP contribution in [0.25, 0.3) is 0 Å².